The maximum atomic E-state index is 12.7. The molecular weight excluding hydrogens is 406 g/mol. The van der Waals surface area contributed by atoms with Crippen LogP contribution in [0, 0.1) is 6.92 Å². The summed E-state index contributed by atoms with van der Waals surface area (Å²) in [6, 6.07) is 18.2. The Morgan fingerprint density at radius 1 is 0.938 bits per heavy atom. The van der Waals surface area contributed by atoms with Crippen LogP contribution in [-0.2, 0) is 11.3 Å². The molecule has 1 aliphatic heterocycles. The van der Waals surface area contributed by atoms with E-state index in [0.29, 0.717) is 16.9 Å². The van der Waals surface area contributed by atoms with Gasteiger partial charge in [0.25, 0.3) is 5.91 Å². The number of rotatable bonds is 7. The number of benzene rings is 2. The SMILES string of the molecule is Cc1cc(CN2CCN(CC(=O)Nc3ccccc3C(=O)Nc3ccccc3)CC2)no1. The van der Waals surface area contributed by atoms with Crippen LogP contribution >= 0.6 is 0 Å². The number of hydrogen-bond donors (Lipinski definition) is 2. The molecule has 0 unspecified atom stereocenters. The Hall–Kier alpha value is -3.49. The Labute approximate surface area is 187 Å². The van der Waals surface area contributed by atoms with Crippen LogP contribution in [0.4, 0.5) is 11.4 Å². The lowest BCUT2D eigenvalue weighted by Gasteiger charge is -2.33. The molecule has 4 rings (SSSR count). The van der Waals surface area contributed by atoms with Gasteiger partial charge in [-0.25, -0.2) is 0 Å². The summed E-state index contributed by atoms with van der Waals surface area (Å²) in [7, 11) is 0. The number of carbonyl (C=O) groups is 2. The molecule has 166 valence electrons. The fourth-order valence-electron chi connectivity index (χ4n) is 3.73. The average Bonchev–Trinajstić information content (AvgIpc) is 3.20. The van der Waals surface area contributed by atoms with Gasteiger partial charge in [0.05, 0.1) is 23.5 Å². The molecule has 1 saturated heterocycles. The number of carbonyl (C=O) groups excluding carboxylic acids is 2. The summed E-state index contributed by atoms with van der Waals surface area (Å²) >= 11 is 0. The number of anilines is 2. The van der Waals surface area contributed by atoms with Crippen molar-refractivity contribution in [1.82, 2.24) is 15.0 Å². The van der Waals surface area contributed by atoms with Crippen molar-refractivity contribution in [3.63, 3.8) is 0 Å². The molecule has 2 N–H and O–H groups in total. The molecule has 0 saturated carbocycles. The maximum Gasteiger partial charge on any atom is 0.257 e. The Morgan fingerprint density at radius 3 is 2.34 bits per heavy atom. The lowest BCUT2D eigenvalue weighted by Crippen LogP contribution is -2.48. The van der Waals surface area contributed by atoms with Gasteiger partial charge in [-0.1, -0.05) is 35.5 Å². The molecule has 8 nitrogen and oxygen atoms in total. The third-order valence-electron chi connectivity index (χ3n) is 5.37. The zero-order chi connectivity index (χ0) is 22.3. The summed E-state index contributed by atoms with van der Waals surface area (Å²) in [6.45, 7) is 6.22. The fraction of sp³-hybridized carbons (Fsp3) is 0.292. The predicted molar refractivity (Wildman–Crippen MR) is 122 cm³/mol. The molecule has 1 aromatic heterocycles. The second-order valence-electron chi connectivity index (χ2n) is 7.90. The van der Waals surface area contributed by atoms with Gasteiger partial charge in [-0.2, -0.15) is 0 Å². The minimum atomic E-state index is -0.260. The Bertz CT molecular complexity index is 1060. The van der Waals surface area contributed by atoms with E-state index in [1.54, 1.807) is 24.3 Å². The van der Waals surface area contributed by atoms with E-state index in [-0.39, 0.29) is 18.4 Å². The van der Waals surface area contributed by atoms with Crippen molar-refractivity contribution < 1.29 is 14.1 Å². The van der Waals surface area contributed by atoms with Gasteiger partial charge in [-0.05, 0) is 31.2 Å². The smallest absolute Gasteiger partial charge is 0.257 e. The van der Waals surface area contributed by atoms with Gasteiger partial charge in [0.1, 0.15) is 5.76 Å². The number of aryl methyl sites for hydroxylation is 1. The number of amides is 2. The minimum Gasteiger partial charge on any atom is -0.361 e. The first-order valence-corrected chi connectivity index (χ1v) is 10.7. The zero-order valence-corrected chi connectivity index (χ0v) is 18.1. The number of nitrogens with one attached hydrogen (secondary N) is 2. The molecule has 0 atom stereocenters. The highest BCUT2D eigenvalue weighted by Crippen LogP contribution is 2.18. The number of nitrogens with zero attached hydrogens (tertiary/aromatic N) is 3. The molecule has 0 spiro atoms. The van der Waals surface area contributed by atoms with E-state index in [1.165, 1.54) is 0 Å². The van der Waals surface area contributed by atoms with Gasteiger partial charge in [0.2, 0.25) is 5.91 Å². The number of hydrogen-bond acceptors (Lipinski definition) is 6. The van der Waals surface area contributed by atoms with Crippen LogP contribution in [0.25, 0.3) is 0 Å². The summed E-state index contributed by atoms with van der Waals surface area (Å²) in [5.74, 6) is 0.419. The molecule has 0 aliphatic carbocycles. The van der Waals surface area contributed by atoms with Gasteiger partial charge < -0.3 is 15.2 Å². The van der Waals surface area contributed by atoms with Crippen molar-refractivity contribution in [2.24, 2.45) is 0 Å². The van der Waals surface area contributed by atoms with Crippen LogP contribution in [0.1, 0.15) is 21.8 Å². The molecule has 0 bridgehead atoms. The standard InChI is InChI=1S/C24H27N5O3/c1-18-15-20(27-32-18)16-28-11-13-29(14-12-28)17-23(30)26-22-10-6-5-9-21(22)24(31)25-19-7-3-2-4-8-19/h2-10,15H,11-14,16-17H2,1H3,(H,25,31)(H,26,30). The van der Waals surface area contributed by atoms with Crippen LogP contribution in [0.15, 0.2) is 65.2 Å². The van der Waals surface area contributed by atoms with Gasteiger partial charge in [0, 0.05) is 44.5 Å². The van der Waals surface area contributed by atoms with Gasteiger partial charge >= 0.3 is 0 Å². The van der Waals surface area contributed by atoms with E-state index in [1.807, 2.05) is 43.3 Å². The quantitative estimate of drug-likeness (QED) is 0.595. The van der Waals surface area contributed by atoms with Crippen LogP contribution in [0.3, 0.4) is 0 Å². The summed E-state index contributed by atoms with van der Waals surface area (Å²) in [5, 5.41) is 9.81. The van der Waals surface area contributed by atoms with Crippen molar-refractivity contribution in [2.45, 2.75) is 13.5 Å². The van der Waals surface area contributed by atoms with E-state index in [0.717, 1.165) is 44.2 Å². The predicted octanol–water partition coefficient (Wildman–Crippen LogP) is 2.99. The first kappa shape index (κ1) is 21.7. The number of para-hydroxylation sites is 2. The highest BCUT2D eigenvalue weighted by molar-refractivity contribution is 6.10. The highest BCUT2D eigenvalue weighted by atomic mass is 16.5. The Kier molecular flexibility index (Phi) is 6.94. The van der Waals surface area contributed by atoms with Crippen LogP contribution in [0.5, 0.6) is 0 Å². The molecule has 1 fully saturated rings. The molecule has 1 aliphatic rings. The molecule has 32 heavy (non-hydrogen) atoms. The molecule has 0 radical (unpaired) electrons. The van der Waals surface area contributed by atoms with Gasteiger partial charge in [-0.3, -0.25) is 19.4 Å². The molecule has 2 aromatic carbocycles. The van der Waals surface area contributed by atoms with Crippen molar-refractivity contribution >= 4 is 23.2 Å². The molecule has 8 heteroatoms. The number of aromatic nitrogens is 1. The highest BCUT2D eigenvalue weighted by Gasteiger charge is 2.21. The van der Waals surface area contributed by atoms with Crippen molar-refractivity contribution in [3.8, 4) is 0 Å². The lowest BCUT2D eigenvalue weighted by atomic mass is 10.1. The van der Waals surface area contributed by atoms with Gasteiger partial charge in [-0.15, -0.1) is 0 Å². The number of piperazine rings is 1. The van der Waals surface area contributed by atoms with Crippen molar-refractivity contribution in [3.05, 3.63) is 77.7 Å². The third-order valence-corrected chi connectivity index (χ3v) is 5.37. The topological polar surface area (TPSA) is 90.7 Å². The van der Waals surface area contributed by atoms with E-state index in [4.69, 9.17) is 4.52 Å². The minimum absolute atomic E-state index is 0.134. The normalized spacial score (nSPS) is 14.8. The van der Waals surface area contributed by atoms with E-state index >= 15 is 0 Å². The second-order valence-corrected chi connectivity index (χ2v) is 7.90. The molecule has 2 heterocycles. The van der Waals surface area contributed by atoms with Crippen molar-refractivity contribution in [2.75, 3.05) is 43.4 Å². The van der Waals surface area contributed by atoms with E-state index in [9.17, 15) is 9.59 Å². The first-order valence-electron chi connectivity index (χ1n) is 10.7. The summed E-state index contributed by atoms with van der Waals surface area (Å²) in [6.07, 6.45) is 0. The summed E-state index contributed by atoms with van der Waals surface area (Å²) in [5.41, 5.74) is 2.57. The van der Waals surface area contributed by atoms with Crippen LogP contribution in [0.2, 0.25) is 0 Å². The molecule has 3 aromatic rings. The Morgan fingerprint density at radius 2 is 1.62 bits per heavy atom. The summed E-state index contributed by atoms with van der Waals surface area (Å²) < 4.78 is 5.13. The Balaban J connectivity index is 1.29. The largest absolute Gasteiger partial charge is 0.361 e. The van der Waals surface area contributed by atoms with Crippen LogP contribution < -0.4 is 10.6 Å². The lowest BCUT2D eigenvalue weighted by molar-refractivity contribution is -0.117. The molecule has 2 amide bonds. The fourth-order valence-corrected chi connectivity index (χ4v) is 3.73. The second kappa shape index (κ2) is 10.2. The monoisotopic (exact) mass is 433 g/mol. The average molecular weight is 434 g/mol. The van der Waals surface area contributed by atoms with E-state index < -0.39 is 0 Å². The van der Waals surface area contributed by atoms with Crippen molar-refractivity contribution in [1.29, 1.82) is 0 Å². The maximum absolute atomic E-state index is 12.7. The third kappa shape index (κ3) is 5.81. The first-order chi connectivity index (χ1) is 15.6. The zero-order valence-electron chi connectivity index (χ0n) is 18.1. The summed E-state index contributed by atoms with van der Waals surface area (Å²) in [4.78, 5) is 29.8. The van der Waals surface area contributed by atoms with Crippen LogP contribution in [-0.4, -0.2) is 59.5 Å². The molecular formula is C24H27N5O3. The van der Waals surface area contributed by atoms with E-state index in [2.05, 4.69) is 25.6 Å². The van der Waals surface area contributed by atoms with Gasteiger partial charge in [0.15, 0.2) is 0 Å².